The van der Waals surface area contributed by atoms with Crippen molar-refractivity contribution in [1.29, 1.82) is 5.26 Å². The summed E-state index contributed by atoms with van der Waals surface area (Å²) in [6.45, 7) is 0.408. The van der Waals surface area contributed by atoms with Gasteiger partial charge in [0.1, 0.15) is 17.6 Å². The van der Waals surface area contributed by atoms with E-state index in [4.69, 9.17) is 9.47 Å². The molecular weight excluding hydrogens is 406 g/mol. The monoisotopic (exact) mass is 429 g/mol. The lowest BCUT2D eigenvalue weighted by atomic mass is 9.97. The van der Waals surface area contributed by atoms with Gasteiger partial charge in [0.15, 0.2) is 0 Å². The number of ether oxygens (including phenoxy) is 2. The fourth-order valence-corrected chi connectivity index (χ4v) is 5.04. The SMILES string of the molecule is COc1ccc(OC)c(NC(=O)C2CCN(S(=O)(=O)c3ccccc3C#N)CC2)c1. The van der Waals surface area contributed by atoms with Gasteiger partial charge < -0.3 is 14.8 Å². The molecule has 1 amide bonds. The summed E-state index contributed by atoms with van der Waals surface area (Å²) in [6, 6.07) is 13.2. The fraction of sp³-hybridized carbons (Fsp3) is 0.333. The van der Waals surface area contributed by atoms with E-state index in [0.29, 0.717) is 30.0 Å². The standard InChI is InChI=1S/C21H23N3O5S/c1-28-17-7-8-19(29-2)18(13-17)23-21(25)15-9-11-24(12-10-15)30(26,27)20-6-4-3-5-16(20)14-22/h3-8,13,15H,9-12H2,1-2H3,(H,23,25). The third-order valence-electron chi connectivity index (χ3n) is 5.11. The van der Waals surface area contributed by atoms with E-state index in [9.17, 15) is 18.5 Å². The lowest BCUT2D eigenvalue weighted by Crippen LogP contribution is -2.41. The molecular formula is C21H23N3O5S. The van der Waals surface area contributed by atoms with Crippen molar-refractivity contribution in [2.24, 2.45) is 5.92 Å². The second-order valence-electron chi connectivity index (χ2n) is 6.84. The van der Waals surface area contributed by atoms with Crippen molar-refractivity contribution in [3.63, 3.8) is 0 Å². The van der Waals surface area contributed by atoms with E-state index in [1.165, 1.54) is 30.7 Å². The van der Waals surface area contributed by atoms with E-state index < -0.39 is 10.0 Å². The minimum absolute atomic E-state index is 0.00322. The zero-order chi connectivity index (χ0) is 21.7. The first-order valence-electron chi connectivity index (χ1n) is 9.43. The Morgan fingerprint density at radius 1 is 1.13 bits per heavy atom. The van der Waals surface area contributed by atoms with Crippen LogP contribution in [0.4, 0.5) is 5.69 Å². The van der Waals surface area contributed by atoms with E-state index >= 15 is 0 Å². The van der Waals surface area contributed by atoms with Crippen LogP contribution in [0.3, 0.4) is 0 Å². The molecule has 8 nitrogen and oxygen atoms in total. The zero-order valence-corrected chi connectivity index (χ0v) is 17.6. The van der Waals surface area contributed by atoms with Crippen LogP contribution >= 0.6 is 0 Å². The third kappa shape index (κ3) is 4.40. The number of piperidine rings is 1. The van der Waals surface area contributed by atoms with Crippen molar-refractivity contribution in [2.75, 3.05) is 32.6 Å². The molecule has 30 heavy (non-hydrogen) atoms. The van der Waals surface area contributed by atoms with Gasteiger partial charge in [-0.15, -0.1) is 0 Å². The predicted octanol–water partition coefficient (Wildman–Crippen LogP) is 2.61. The van der Waals surface area contributed by atoms with Gasteiger partial charge in [0.05, 0.1) is 30.4 Å². The van der Waals surface area contributed by atoms with Crippen molar-refractivity contribution in [2.45, 2.75) is 17.7 Å². The Labute approximate surface area is 176 Å². The topological polar surface area (TPSA) is 109 Å². The maximum Gasteiger partial charge on any atom is 0.244 e. The summed E-state index contributed by atoms with van der Waals surface area (Å²) in [5.41, 5.74) is 0.613. The Kier molecular flexibility index (Phi) is 6.59. The first-order chi connectivity index (χ1) is 14.4. The molecule has 0 aromatic heterocycles. The molecule has 158 valence electrons. The lowest BCUT2D eigenvalue weighted by molar-refractivity contribution is -0.120. The number of hydrogen-bond acceptors (Lipinski definition) is 6. The van der Waals surface area contributed by atoms with Gasteiger partial charge in [-0.05, 0) is 37.1 Å². The second-order valence-corrected chi connectivity index (χ2v) is 8.75. The van der Waals surface area contributed by atoms with Gasteiger partial charge in [0.25, 0.3) is 0 Å². The van der Waals surface area contributed by atoms with Crippen molar-refractivity contribution < 1.29 is 22.7 Å². The fourth-order valence-electron chi connectivity index (χ4n) is 3.43. The number of nitrogens with one attached hydrogen (secondary N) is 1. The highest BCUT2D eigenvalue weighted by Gasteiger charge is 2.33. The van der Waals surface area contributed by atoms with E-state index in [1.54, 1.807) is 30.3 Å². The first-order valence-corrected chi connectivity index (χ1v) is 10.9. The van der Waals surface area contributed by atoms with Gasteiger partial charge in [-0.3, -0.25) is 4.79 Å². The van der Waals surface area contributed by atoms with Crippen molar-refractivity contribution in [3.8, 4) is 17.6 Å². The normalized spacial score (nSPS) is 15.2. The Hall–Kier alpha value is -3.09. The summed E-state index contributed by atoms with van der Waals surface area (Å²) < 4.78 is 37.7. The Bertz CT molecular complexity index is 1070. The Morgan fingerprint density at radius 3 is 2.47 bits per heavy atom. The summed E-state index contributed by atoms with van der Waals surface area (Å²) in [5.74, 6) is 0.565. The number of carbonyl (C=O) groups is 1. The number of anilines is 1. The summed E-state index contributed by atoms with van der Waals surface area (Å²) in [5, 5.41) is 12.1. The highest BCUT2D eigenvalue weighted by Crippen LogP contribution is 2.31. The molecule has 0 aliphatic carbocycles. The predicted molar refractivity (Wildman–Crippen MR) is 111 cm³/mol. The smallest absolute Gasteiger partial charge is 0.244 e. The quantitative estimate of drug-likeness (QED) is 0.756. The summed E-state index contributed by atoms with van der Waals surface area (Å²) in [7, 11) is -0.740. The molecule has 3 rings (SSSR count). The Balaban J connectivity index is 1.68. The van der Waals surface area contributed by atoms with Crippen LogP contribution in [0.5, 0.6) is 11.5 Å². The summed E-state index contributed by atoms with van der Waals surface area (Å²) in [6.07, 6.45) is 0.762. The van der Waals surface area contributed by atoms with Gasteiger partial charge in [-0.1, -0.05) is 12.1 Å². The van der Waals surface area contributed by atoms with Crippen LogP contribution in [0.1, 0.15) is 18.4 Å². The minimum Gasteiger partial charge on any atom is -0.497 e. The van der Waals surface area contributed by atoms with Crippen molar-refractivity contribution in [1.82, 2.24) is 4.31 Å². The third-order valence-corrected chi connectivity index (χ3v) is 7.07. The van der Waals surface area contributed by atoms with E-state index in [0.717, 1.165) is 0 Å². The zero-order valence-electron chi connectivity index (χ0n) is 16.8. The molecule has 1 aliphatic heterocycles. The number of nitrogens with zero attached hydrogens (tertiary/aromatic N) is 2. The molecule has 1 N–H and O–H groups in total. The molecule has 0 bridgehead atoms. The summed E-state index contributed by atoms with van der Waals surface area (Å²) >= 11 is 0. The van der Waals surface area contributed by atoms with Gasteiger partial charge in [-0.25, -0.2) is 8.42 Å². The van der Waals surface area contributed by atoms with E-state index in [-0.39, 0.29) is 35.4 Å². The molecule has 1 aliphatic rings. The molecule has 0 unspecified atom stereocenters. The average molecular weight is 429 g/mol. The largest absolute Gasteiger partial charge is 0.497 e. The second kappa shape index (κ2) is 9.15. The van der Waals surface area contributed by atoms with Crippen LogP contribution in [0.15, 0.2) is 47.4 Å². The van der Waals surface area contributed by atoms with E-state index in [2.05, 4.69) is 5.32 Å². The molecule has 0 radical (unpaired) electrons. The number of methoxy groups -OCH3 is 2. The maximum absolute atomic E-state index is 12.9. The molecule has 9 heteroatoms. The highest BCUT2D eigenvalue weighted by atomic mass is 32.2. The van der Waals surface area contributed by atoms with Gasteiger partial charge in [-0.2, -0.15) is 9.57 Å². The van der Waals surface area contributed by atoms with Crippen LogP contribution in [-0.4, -0.2) is 45.9 Å². The van der Waals surface area contributed by atoms with Crippen LogP contribution in [0.25, 0.3) is 0 Å². The number of benzene rings is 2. The van der Waals surface area contributed by atoms with Gasteiger partial charge >= 0.3 is 0 Å². The average Bonchev–Trinajstić information content (AvgIpc) is 2.78. The molecule has 1 heterocycles. The summed E-state index contributed by atoms with van der Waals surface area (Å²) in [4.78, 5) is 12.7. The molecule has 1 saturated heterocycles. The lowest BCUT2D eigenvalue weighted by Gasteiger charge is -2.30. The maximum atomic E-state index is 12.9. The van der Waals surface area contributed by atoms with E-state index in [1.807, 2.05) is 6.07 Å². The number of rotatable bonds is 6. The molecule has 1 fully saturated rings. The van der Waals surface area contributed by atoms with Crippen LogP contribution in [-0.2, 0) is 14.8 Å². The van der Waals surface area contributed by atoms with Gasteiger partial charge in [0, 0.05) is 25.1 Å². The molecule has 0 atom stereocenters. The minimum atomic E-state index is -3.79. The van der Waals surface area contributed by atoms with Crippen LogP contribution in [0, 0.1) is 17.2 Å². The van der Waals surface area contributed by atoms with Crippen molar-refractivity contribution in [3.05, 3.63) is 48.0 Å². The molecule has 2 aromatic rings. The molecule has 2 aromatic carbocycles. The first kappa shape index (κ1) is 21.6. The number of sulfonamides is 1. The van der Waals surface area contributed by atoms with Crippen molar-refractivity contribution >= 4 is 21.6 Å². The number of hydrogen-bond donors (Lipinski definition) is 1. The molecule has 0 saturated carbocycles. The number of amides is 1. The van der Waals surface area contributed by atoms with Crippen LogP contribution in [0.2, 0.25) is 0 Å². The van der Waals surface area contributed by atoms with Crippen LogP contribution < -0.4 is 14.8 Å². The number of carbonyl (C=O) groups excluding carboxylic acids is 1. The number of nitriles is 1. The highest BCUT2D eigenvalue weighted by molar-refractivity contribution is 7.89. The van der Waals surface area contributed by atoms with Gasteiger partial charge in [0.2, 0.25) is 15.9 Å². The molecule has 0 spiro atoms. The Morgan fingerprint density at radius 2 is 1.83 bits per heavy atom.